The second-order valence-corrected chi connectivity index (χ2v) is 3.48. The van der Waals surface area contributed by atoms with Crippen molar-refractivity contribution in [2.45, 2.75) is 20.8 Å². The van der Waals surface area contributed by atoms with Gasteiger partial charge in [0.15, 0.2) is 11.6 Å². The van der Waals surface area contributed by atoms with Crippen LogP contribution >= 0.6 is 0 Å². The molecule has 5 heteroatoms. The zero-order valence-electron chi connectivity index (χ0n) is 11.5. The van der Waals surface area contributed by atoms with E-state index in [2.05, 4.69) is 0 Å². The van der Waals surface area contributed by atoms with Crippen molar-refractivity contribution in [1.82, 2.24) is 0 Å². The van der Waals surface area contributed by atoms with Gasteiger partial charge in [0.05, 0.1) is 0 Å². The van der Waals surface area contributed by atoms with E-state index >= 15 is 0 Å². The van der Waals surface area contributed by atoms with Gasteiger partial charge in [-0.1, -0.05) is 19.9 Å². The van der Waals surface area contributed by atoms with Crippen LogP contribution in [0, 0.1) is 24.4 Å². The molecular weight excluding hydrogens is 269 g/mol. The van der Waals surface area contributed by atoms with Crippen LogP contribution in [0.4, 0.5) is 13.2 Å². The maximum atomic E-state index is 12.4. The van der Waals surface area contributed by atoms with E-state index in [1.807, 2.05) is 13.8 Å². The first-order chi connectivity index (χ1) is 9.41. The number of aromatic hydroxyl groups is 2. The van der Waals surface area contributed by atoms with Gasteiger partial charge in [0, 0.05) is 11.6 Å². The van der Waals surface area contributed by atoms with Crippen LogP contribution in [0.3, 0.4) is 0 Å². The van der Waals surface area contributed by atoms with Gasteiger partial charge in [-0.3, -0.25) is 0 Å². The highest BCUT2D eigenvalue weighted by Crippen LogP contribution is 2.17. The van der Waals surface area contributed by atoms with Crippen molar-refractivity contribution < 1.29 is 23.4 Å². The molecule has 0 aromatic heterocycles. The molecule has 0 aliphatic rings. The predicted molar refractivity (Wildman–Crippen MR) is 72.2 cm³/mol. The summed E-state index contributed by atoms with van der Waals surface area (Å²) >= 11 is 0. The van der Waals surface area contributed by atoms with E-state index in [-0.39, 0.29) is 11.6 Å². The second-order valence-electron chi connectivity index (χ2n) is 3.48. The van der Waals surface area contributed by atoms with E-state index in [9.17, 15) is 13.2 Å². The third kappa shape index (κ3) is 5.65. The number of phenolic OH excluding ortho intramolecular Hbond substituents is 2. The summed E-state index contributed by atoms with van der Waals surface area (Å²) in [6.07, 6.45) is 0. The normalized spacial score (nSPS) is 8.90. The van der Waals surface area contributed by atoms with Crippen LogP contribution in [0.2, 0.25) is 0 Å². The molecule has 0 fully saturated rings. The smallest absolute Gasteiger partial charge is 0.167 e. The first-order valence-corrected chi connectivity index (χ1v) is 6.00. The maximum Gasteiger partial charge on any atom is 0.167 e. The maximum absolute atomic E-state index is 12.4. The fraction of sp³-hybridized carbons (Fsp3) is 0.200. The second kappa shape index (κ2) is 8.85. The summed E-state index contributed by atoms with van der Waals surface area (Å²) in [7, 11) is 0. The van der Waals surface area contributed by atoms with Crippen LogP contribution in [0.5, 0.6) is 11.5 Å². The lowest BCUT2D eigenvalue weighted by Gasteiger charge is -1.96. The van der Waals surface area contributed by atoms with E-state index in [1.54, 1.807) is 0 Å². The van der Waals surface area contributed by atoms with Gasteiger partial charge in [-0.05, 0) is 31.2 Å². The molecule has 2 aromatic carbocycles. The van der Waals surface area contributed by atoms with Crippen molar-refractivity contribution >= 4 is 0 Å². The van der Waals surface area contributed by atoms with Crippen LogP contribution in [-0.4, -0.2) is 10.2 Å². The lowest BCUT2D eigenvalue weighted by molar-refractivity contribution is 0.428. The molecule has 0 amide bonds. The zero-order chi connectivity index (χ0) is 15.7. The van der Waals surface area contributed by atoms with Crippen molar-refractivity contribution in [2.24, 2.45) is 0 Å². The average molecular weight is 286 g/mol. The minimum Gasteiger partial charge on any atom is -0.508 e. The average Bonchev–Trinajstić information content (AvgIpc) is 2.43. The van der Waals surface area contributed by atoms with Crippen molar-refractivity contribution in [3.63, 3.8) is 0 Å². The summed E-state index contributed by atoms with van der Waals surface area (Å²) in [6.45, 7) is 5.53. The predicted octanol–water partition coefficient (Wildman–Crippen LogP) is 4.54. The van der Waals surface area contributed by atoms with E-state index in [0.717, 1.165) is 12.1 Å². The van der Waals surface area contributed by atoms with Gasteiger partial charge >= 0.3 is 0 Å². The summed E-state index contributed by atoms with van der Waals surface area (Å²) in [5, 5.41) is 17.4. The molecule has 0 aliphatic heterocycles. The lowest BCUT2D eigenvalue weighted by atomic mass is 10.2. The first kappa shape index (κ1) is 17.8. The van der Waals surface area contributed by atoms with E-state index < -0.39 is 17.4 Å². The molecule has 0 atom stereocenters. The molecule has 2 nitrogen and oxygen atoms in total. The standard InChI is InChI=1S/C7H7FO.C6H4F2O.C2H6/c1-5-6(8)3-2-4-7(5)9;7-4-1-2-6(9)5(8)3-4;1-2/h2-4,9H,1H3;1-3,9H;1-2H3. The van der Waals surface area contributed by atoms with Crippen LogP contribution in [0.15, 0.2) is 36.4 Å². The molecule has 0 aliphatic carbocycles. The minimum atomic E-state index is -0.935. The Morgan fingerprint density at radius 1 is 0.800 bits per heavy atom. The Bertz CT molecular complexity index is 522. The van der Waals surface area contributed by atoms with E-state index in [1.165, 1.54) is 25.1 Å². The van der Waals surface area contributed by atoms with E-state index in [0.29, 0.717) is 11.6 Å². The number of hydrogen-bond donors (Lipinski definition) is 2. The fourth-order valence-corrected chi connectivity index (χ4v) is 1.08. The molecule has 0 spiro atoms. The minimum absolute atomic E-state index is 0.00926. The van der Waals surface area contributed by atoms with Crippen LogP contribution in [0.1, 0.15) is 19.4 Å². The van der Waals surface area contributed by atoms with Crippen molar-refractivity contribution in [2.75, 3.05) is 0 Å². The first-order valence-electron chi connectivity index (χ1n) is 6.00. The summed E-state index contributed by atoms with van der Waals surface area (Å²) < 4.78 is 36.5. The lowest BCUT2D eigenvalue weighted by Crippen LogP contribution is -1.79. The number of hydrogen-bond acceptors (Lipinski definition) is 2. The summed E-state index contributed by atoms with van der Waals surface area (Å²) in [4.78, 5) is 0. The summed E-state index contributed by atoms with van der Waals surface area (Å²) in [5.41, 5.74) is 0.303. The van der Waals surface area contributed by atoms with Crippen LogP contribution in [-0.2, 0) is 0 Å². The molecule has 0 unspecified atom stereocenters. The molecule has 0 saturated heterocycles. The molecule has 0 radical (unpaired) electrons. The van der Waals surface area contributed by atoms with Crippen molar-refractivity contribution in [1.29, 1.82) is 0 Å². The monoisotopic (exact) mass is 286 g/mol. The Balaban J connectivity index is 0.000000321. The molecule has 20 heavy (non-hydrogen) atoms. The van der Waals surface area contributed by atoms with Gasteiger partial charge < -0.3 is 10.2 Å². The molecule has 2 rings (SSSR count). The van der Waals surface area contributed by atoms with Crippen molar-refractivity contribution in [3.8, 4) is 11.5 Å². The zero-order valence-corrected chi connectivity index (χ0v) is 11.5. The van der Waals surface area contributed by atoms with Gasteiger partial charge in [0.1, 0.15) is 17.4 Å². The van der Waals surface area contributed by atoms with E-state index in [4.69, 9.17) is 10.2 Å². The topological polar surface area (TPSA) is 40.5 Å². The molecule has 110 valence electrons. The Morgan fingerprint density at radius 3 is 1.80 bits per heavy atom. The number of phenols is 2. The number of rotatable bonds is 0. The fourth-order valence-electron chi connectivity index (χ4n) is 1.08. The van der Waals surface area contributed by atoms with Gasteiger partial charge in [-0.25, -0.2) is 13.2 Å². The van der Waals surface area contributed by atoms with Crippen LogP contribution < -0.4 is 0 Å². The Kier molecular flexibility index (Phi) is 7.89. The van der Waals surface area contributed by atoms with Gasteiger partial charge in [0.25, 0.3) is 0 Å². The van der Waals surface area contributed by atoms with Crippen molar-refractivity contribution in [3.05, 3.63) is 59.4 Å². The highest BCUT2D eigenvalue weighted by Gasteiger charge is 1.99. The largest absolute Gasteiger partial charge is 0.508 e. The molecule has 2 aromatic rings. The molecular formula is C15H17F3O2. The highest BCUT2D eigenvalue weighted by molar-refractivity contribution is 5.31. The third-order valence-electron chi connectivity index (χ3n) is 2.15. The quantitative estimate of drug-likeness (QED) is 0.746. The molecule has 2 N–H and O–H groups in total. The number of benzene rings is 2. The number of halogens is 3. The summed E-state index contributed by atoms with van der Waals surface area (Å²) in [6, 6.07) is 6.81. The highest BCUT2D eigenvalue weighted by atomic mass is 19.1. The van der Waals surface area contributed by atoms with Gasteiger partial charge in [-0.2, -0.15) is 0 Å². The molecule has 0 heterocycles. The van der Waals surface area contributed by atoms with Gasteiger partial charge in [0.2, 0.25) is 0 Å². The molecule has 0 saturated carbocycles. The third-order valence-corrected chi connectivity index (χ3v) is 2.15. The Hall–Kier alpha value is -2.17. The Morgan fingerprint density at radius 2 is 1.40 bits per heavy atom. The Labute approximate surface area is 116 Å². The molecule has 0 bridgehead atoms. The van der Waals surface area contributed by atoms with Crippen LogP contribution in [0.25, 0.3) is 0 Å². The SMILES string of the molecule is CC.Cc1c(O)cccc1F.Oc1ccc(F)cc1F. The van der Waals surface area contributed by atoms with Gasteiger partial charge in [-0.15, -0.1) is 0 Å². The summed E-state index contributed by atoms with van der Waals surface area (Å²) in [5.74, 6) is -2.51.